The fourth-order valence-electron chi connectivity index (χ4n) is 9.37. The molecule has 2 heterocycles. The molecule has 3 aromatic carbocycles. The predicted octanol–water partition coefficient (Wildman–Crippen LogP) is 4.29. The monoisotopic (exact) mass is 578 g/mol. The van der Waals surface area contributed by atoms with E-state index in [0.717, 1.165) is 40.1 Å². The molecule has 0 N–H and O–H groups in total. The number of para-hydroxylation sites is 1. The molecule has 6 aliphatic carbocycles. The molecule has 3 fully saturated rings. The van der Waals surface area contributed by atoms with E-state index in [2.05, 4.69) is 18.2 Å². The highest BCUT2D eigenvalue weighted by atomic mass is 16.2. The van der Waals surface area contributed by atoms with Crippen LogP contribution in [0.25, 0.3) is 0 Å². The third-order valence-corrected chi connectivity index (χ3v) is 11.1. The number of anilines is 1. The fourth-order valence-corrected chi connectivity index (χ4v) is 9.37. The van der Waals surface area contributed by atoms with Crippen LogP contribution in [0.1, 0.15) is 46.6 Å². The van der Waals surface area contributed by atoms with Crippen LogP contribution >= 0.6 is 0 Å². The van der Waals surface area contributed by atoms with Crippen molar-refractivity contribution in [3.63, 3.8) is 0 Å². The first kappa shape index (κ1) is 25.3. The van der Waals surface area contributed by atoms with Crippen LogP contribution < -0.4 is 4.90 Å². The number of benzene rings is 3. The van der Waals surface area contributed by atoms with Crippen LogP contribution in [0.3, 0.4) is 0 Å². The number of allylic oxidation sites excluding steroid dienone is 2. The minimum absolute atomic E-state index is 0.0264. The highest BCUT2D eigenvalue weighted by Gasteiger charge is 2.68. The number of rotatable bonds is 3. The number of nitrogens with zero attached hydrogens (tertiary/aromatic N) is 4. The van der Waals surface area contributed by atoms with Crippen molar-refractivity contribution in [3.8, 4) is 6.07 Å². The summed E-state index contributed by atoms with van der Waals surface area (Å²) in [5.41, 5.74) is 2.79. The number of carbonyl (C=O) groups excluding carboxylic acids is 4. The number of amides is 4. The van der Waals surface area contributed by atoms with E-state index in [1.54, 1.807) is 30.5 Å². The highest BCUT2D eigenvalue weighted by molar-refractivity contribution is 6.25. The Balaban J connectivity index is 1.25. The quantitative estimate of drug-likeness (QED) is 0.262. The average molecular weight is 579 g/mol. The van der Waals surface area contributed by atoms with Gasteiger partial charge in [0.15, 0.2) is 0 Å². The number of imide groups is 2. The number of carbonyl (C=O) groups is 4. The van der Waals surface area contributed by atoms with Gasteiger partial charge in [0, 0.05) is 12.1 Å². The number of hydrazone groups is 1. The van der Waals surface area contributed by atoms with Gasteiger partial charge in [0.2, 0.25) is 11.8 Å². The summed E-state index contributed by atoms with van der Waals surface area (Å²) >= 11 is 0. The largest absolute Gasteiger partial charge is 0.274 e. The molecule has 6 atom stereocenters. The van der Waals surface area contributed by atoms with E-state index in [-0.39, 0.29) is 46.7 Å². The number of hydrogen-bond acceptors (Lipinski definition) is 6. The first-order valence-corrected chi connectivity index (χ1v) is 15.1. The van der Waals surface area contributed by atoms with E-state index < -0.39 is 35.0 Å². The second-order valence-corrected chi connectivity index (χ2v) is 12.7. The number of nitriles is 1. The van der Waals surface area contributed by atoms with Crippen molar-refractivity contribution in [2.75, 3.05) is 4.90 Å². The highest BCUT2D eigenvalue weighted by Crippen LogP contribution is 2.64. The summed E-state index contributed by atoms with van der Waals surface area (Å²) in [6, 6.07) is 24.3. The van der Waals surface area contributed by atoms with Gasteiger partial charge in [-0.2, -0.15) is 15.4 Å². The summed E-state index contributed by atoms with van der Waals surface area (Å²) in [5.74, 6) is -4.16. The molecule has 44 heavy (non-hydrogen) atoms. The number of fused-ring (bicyclic) bond motifs is 1. The summed E-state index contributed by atoms with van der Waals surface area (Å²) in [4.78, 5) is 57.7. The molecule has 0 aromatic heterocycles. The molecule has 2 saturated heterocycles. The maximum Gasteiger partial charge on any atom is 0.254 e. The molecular weight excluding hydrogens is 552 g/mol. The minimum Gasteiger partial charge on any atom is -0.274 e. The smallest absolute Gasteiger partial charge is 0.254 e. The van der Waals surface area contributed by atoms with Gasteiger partial charge in [0.05, 0.1) is 40.3 Å². The second kappa shape index (κ2) is 8.70. The Hall–Kier alpha value is -5.16. The van der Waals surface area contributed by atoms with Crippen LogP contribution in [0.4, 0.5) is 5.69 Å². The van der Waals surface area contributed by atoms with Crippen molar-refractivity contribution in [1.29, 1.82) is 5.26 Å². The average Bonchev–Trinajstić information content (AvgIpc) is 3.50. The Bertz CT molecular complexity index is 1880. The molecule has 4 bridgehead atoms. The molecule has 214 valence electrons. The lowest BCUT2D eigenvalue weighted by Gasteiger charge is -2.52. The molecule has 4 amide bonds. The molecule has 11 rings (SSSR count). The minimum atomic E-state index is -1.22. The second-order valence-electron chi connectivity index (χ2n) is 12.7. The standard InChI is InChI=1S/C36H26N4O4/c37-17-21-7-1-6-12-26(21)39-32(41)30-29-22-8-2-4-10-24(22)36(31(30)35(39)44,25-11-5-3-9-23(25)29)18-38-40-33(42)27-19-13-14-20(16-15-19)28(27)34(40)43/h1-14,18-20,27-31H,15-16H2/b38-18-/t19-,20-,27+,28+,29?,30+,31+,36?/m0/s1. The van der Waals surface area contributed by atoms with Gasteiger partial charge in [0.1, 0.15) is 6.07 Å². The van der Waals surface area contributed by atoms with Gasteiger partial charge >= 0.3 is 0 Å². The molecular formula is C36H26N4O4. The van der Waals surface area contributed by atoms with Crippen molar-refractivity contribution >= 4 is 35.5 Å². The van der Waals surface area contributed by atoms with Gasteiger partial charge in [-0.25, -0.2) is 4.90 Å². The first-order valence-electron chi connectivity index (χ1n) is 15.1. The van der Waals surface area contributed by atoms with Crippen LogP contribution in [-0.2, 0) is 24.6 Å². The lowest BCUT2D eigenvalue weighted by Crippen LogP contribution is -2.55. The van der Waals surface area contributed by atoms with Gasteiger partial charge in [-0.3, -0.25) is 19.2 Å². The van der Waals surface area contributed by atoms with Crippen LogP contribution in [0.15, 0.2) is 90.0 Å². The molecule has 8 aliphatic rings. The van der Waals surface area contributed by atoms with Crippen LogP contribution in [-0.4, -0.2) is 34.9 Å². The van der Waals surface area contributed by atoms with E-state index >= 15 is 0 Å². The maximum absolute atomic E-state index is 14.6. The summed E-state index contributed by atoms with van der Waals surface area (Å²) in [6.45, 7) is 0. The molecule has 3 aromatic rings. The molecule has 8 nitrogen and oxygen atoms in total. The summed E-state index contributed by atoms with van der Waals surface area (Å²) < 4.78 is 0. The molecule has 0 spiro atoms. The van der Waals surface area contributed by atoms with Crippen molar-refractivity contribution in [2.45, 2.75) is 24.2 Å². The third kappa shape index (κ3) is 2.90. The zero-order chi connectivity index (χ0) is 29.9. The normalized spacial score (nSPS) is 33.9. The van der Waals surface area contributed by atoms with Crippen LogP contribution in [0.2, 0.25) is 0 Å². The van der Waals surface area contributed by atoms with E-state index in [1.807, 2.05) is 48.5 Å². The summed E-state index contributed by atoms with van der Waals surface area (Å²) in [6.07, 6.45) is 7.51. The topological polar surface area (TPSA) is 111 Å². The van der Waals surface area contributed by atoms with Crippen molar-refractivity contribution in [2.24, 2.45) is 40.6 Å². The lowest BCUT2D eigenvalue weighted by atomic mass is 9.47. The van der Waals surface area contributed by atoms with E-state index in [0.29, 0.717) is 0 Å². The Kier molecular flexibility index (Phi) is 5.01. The zero-order valence-corrected chi connectivity index (χ0v) is 23.5. The van der Waals surface area contributed by atoms with Gasteiger partial charge in [-0.05, 0) is 59.1 Å². The summed E-state index contributed by atoms with van der Waals surface area (Å²) in [5, 5.41) is 15.6. The predicted molar refractivity (Wildman–Crippen MR) is 159 cm³/mol. The maximum atomic E-state index is 14.6. The van der Waals surface area contributed by atoms with Crippen LogP contribution in [0, 0.1) is 46.8 Å². The van der Waals surface area contributed by atoms with Crippen LogP contribution in [0.5, 0.6) is 0 Å². The van der Waals surface area contributed by atoms with Crippen molar-refractivity contribution in [3.05, 3.63) is 113 Å². The van der Waals surface area contributed by atoms with Gasteiger partial charge in [0.25, 0.3) is 11.8 Å². The Morgan fingerprint density at radius 2 is 1.30 bits per heavy atom. The SMILES string of the molecule is N#Cc1ccccc1N1C(=O)[C@@H]2C3c4ccccc4C(/C=N\N4C(=O)[C@H]5[C@H](C4=O)[C@H]4C=C[C@H]5CC4)(c4ccccc43)[C@H]2C1=O. The Morgan fingerprint density at radius 3 is 1.89 bits per heavy atom. The van der Waals surface area contributed by atoms with Gasteiger partial charge in [-0.1, -0.05) is 72.8 Å². The molecule has 0 unspecified atom stereocenters. The zero-order valence-electron chi connectivity index (χ0n) is 23.5. The van der Waals surface area contributed by atoms with E-state index in [9.17, 15) is 24.4 Å². The summed E-state index contributed by atoms with van der Waals surface area (Å²) in [7, 11) is 0. The molecule has 8 heteroatoms. The van der Waals surface area contributed by atoms with Gasteiger partial charge in [-0.15, -0.1) is 0 Å². The fraction of sp³-hybridized carbons (Fsp3) is 0.278. The lowest BCUT2D eigenvalue weighted by molar-refractivity contribution is -0.140. The van der Waals surface area contributed by atoms with Gasteiger partial charge < -0.3 is 0 Å². The Labute approximate surface area is 253 Å². The van der Waals surface area contributed by atoms with E-state index in [1.165, 1.54) is 4.90 Å². The first-order chi connectivity index (χ1) is 21.5. The third-order valence-electron chi connectivity index (χ3n) is 11.1. The molecule has 0 radical (unpaired) electrons. The van der Waals surface area contributed by atoms with E-state index in [4.69, 9.17) is 5.10 Å². The van der Waals surface area contributed by atoms with Crippen molar-refractivity contribution < 1.29 is 19.2 Å². The van der Waals surface area contributed by atoms with Crippen molar-refractivity contribution in [1.82, 2.24) is 5.01 Å². The molecule has 1 saturated carbocycles. The molecule has 2 aliphatic heterocycles. The number of hydrogen-bond donors (Lipinski definition) is 0. The Morgan fingerprint density at radius 1 is 0.727 bits per heavy atom.